The van der Waals surface area contributed by atoms with Crippen LogP contribution in [0.1, 0.15) is 48.9 Å². The maximum atomic E-state index is 10.7. The number of halogens is 2. The monoisotopic (exact) mass is 482 g/mol. The van der Waals surface area contributed by atoms with Crippen LogP contribution in [0, 0.1) is 10.1 Å². The van der Waals surface area contributed by atoms with Gasteiger partial charge in [0, 0.05) is 44.0 Å². The Labute approximate surface area is 204 Å². The molecule has 178 valence electrons. The average Bonchev–Trinajstić information content (AvgIpc) is 2.74. The fourth-order valence-electron chi connectivity index (χ4n) is 4.37. The predicted octanol–water partition coefficient (Wildman–Crippen LogP) is 5.24. The van der Waals surface area contributed by atoms with Crippen LogP contribution in [0.5, 0.6) is 0 Å². The van der Waals surface area contributed by atoms with Gasteiger partial charge in [0.25, 0.3) is 5.69 Å². The molecular formula is C24H36Cl2N4O2. The minimum atomic E-state index is -0.320. The number of nitrogens with two attached hydrogens (primary N) is 1. The molecule has 2 aromatic rings. The molecule has 0 atom stereocenters. The number of anilines is 1. The fourth-order valence-corrected chi connectivity index (χ4v) is 4.37. The van der Waals surface area contributed by atoms with E-state index in [0.717, 1.165) is 50.3 Å². The van der Waals surface area contributed by atoms with Crippen LogP contribution >= 0.6 is 24.8 Å². The van der Waals surface area contributed by atoms with Crippen LogP contribution in [-0.2, 0) is 25.9 Å². The maximum Gasteiger partial charge on any atom is 0.269 e. The lowest BCUT2D eigenvalue weighted by Crippen LogP contribution is -2.31. The van der Waals surface area contributed by atoms with Crippen molar-refractivity contribution in [3.63, 3.8) is 0 Å². The number of hydrogen-bond acceptors (Lipinski definition) is 5. The molecule has 2 aliphatic rings. The van der Waals surface area contributed by atoms with Gasteiger partial charge in [-0.25, -0.2) is 0 Å². The molecule has 0 aromatic heterocycles. The molecule has 0 spiro atoms. The summed E-state index contributed by atoms with van der Waals surface area (Å²) < 4.78 is 0. The van der Waals surface area contributed by atoms with Gasteiger partial charge in [-0.2, -0.15) is 0 Å². The van der Waals surface area contributed by atoms with Crippen molar-refractivity contribution < 1.29 is 4.92 Å². The van der Waals surface area contributed by atoms with Crippen molar-refractivity contribution in [2.24, 2.45) is 0 Å². The Morgan fingerprint density at radius 1 is 0.844 bits per heavy atom. The van der Waals surface area contributed by atoms with Gasteiger partial charge in [-0.1, -0.05) is 26.0 Å². The van der Waals surface area contributed by atoms with Gasteiger partial charge in [-0.05, 0) is 73.2 Å². The summed E-state index contributed by atoms with van der Waals surface area (Å²) in [4.78, 5) is 15.2. The maximum absolute atomic E-state index is 10.7. The summed E-state index contributed by atoms with van der Waals surface area (Å²) in [5, 5.41) is 10.7. The molecule has 0 saturated heterocycles. The van der Waals surface area contributed by atoms with E-state index in [1.807, 2.05) is 12.1 Å². The third kappa shape index (κ3) is 7.62. The second-order valence-corrected chi connectivity index (χ2v) is 8.29. The van der Waals surface area contributed by atoms with Crippen LogP contribution in [0.2, 0.25) is 0 Å². The standard InChI is InChI=1S/C12H16N2O2.C12H18N2.2ClH/c1-2-6-13-7-5-10-3-4-12(14(15)16)8-11(10)9-13;1-2-6-14-7-5-10-3-4-12(13)8-11(10)9-14;;/h3-4,8H,2,5-7,9H2,1H3;3-4,8H,2,5-7,9,13H2,1H3;2*1H. The Balaban J connectivity index is 0.000000303. The molecular weight excluding hydrogens is 447 g/mol. The minimum Gasteiger partial charge on any atom is -0.399 e. The minimum absolute atomic E-state index is 0. The van der Waals surface area contributed by atoms with Gasteiger partial charge in [-0.3, -0.25) is 19.9 Å². The van der Waals surface area contributed by atoms with E-state index in [0.29, 0.717) is 0 Å². The molecule has 0 aliphatic carbocycles. The number of nitrogens with zero attached hydrogens (tertiary/aromatic N) is 3. The molecule has 2 aliphatic heterocycles. The van der Waals surface area contributed by atoms with Crippen molar-refractivity contribution in [3.8, 4) is 0 Å². The van der Waals surface area contributed by atoms with Crippen molar-refractivity contribution in [1.82, 2.24) is 9.80 Å². The van der Waals surface area contributed by atoms with E-state index in [2.05, 4.69) is 35.8 Å². The van der Waals surface area contributed by atoms with Gasteiger partial charge < -0.3 is 5.73 Å². The van der Waals surface area contributed by atoms with Crippen LogP contribution in [0.25, 0.3) is 0 Å². The van der Waals surface area contributed by atoms with Gasteiger partial charge in [0.1, 0.15) is 0 Å². The Morgan fingerprint density at radius 2 is 1.34 bits per heavy atom. The summed E-state index contributed by atoms with van der Waals surface area (Å²) in [5.41, 5.74) is 12.2. The zero-order valence-electron chi connectivity index (χ0n) is 19.1. The van der Waals surface area contributed by atoms with Crippen LogP contribution in [0.3, 0.4) is 0 Å². The first-order valence-corrected chi connectivity index (χ1v) is 11.1. The normalized spacial score (nSPS) is 15.2. The molecule has 8 heteroatoms. The summed E-state index contributed by atoms with van der Waals surface area (Å²) in [6.45, 7) is 10.9. The number of nitrogen functional groups attached to an aromatic ring is 1. The highest BCUT2D eigenvalue weighted by atomic mass is 35.5. The first kappa shape index (κ1) is 28.2. The van der Waals surface area contributed by atoms with Crippen LogP contribution in [0.15, 0.2) is 36.4 Å². The summed E-state index contributed by atoms with van der Waals surface area (Å²) in [6, 6.07) is 11.5. The number of benzene rings is 2. The molecule has 6 nitrogen and oxygen atoms in total. The number of hydrogen-bond donors (Lipinski definition) is 1. The van der Waals surface area contributed by atoms with Gasteiger partial charge in [0.2, 0.25) is 0 Å². The zero-order chi connectivity index (χ0) is 21.5. The Morgan fingerprint density at radius 3 is 1.84 bits per heavy atom. The third-order valence-electron chi connectivity index (χ3n) is 5.89. The van der Waals surface area contributed by atoms with Crippen molar-refractivity contribution in [3.05, 3.63) is 68.8 Å². The van der Waals surface area contributed by atoms with Crippen molar-refractivity contribution in [2.45, 2.75) is 52.6 Å². The highest BCUT2D eigenvalue weighted by Crippen LogP contribution is 2.24. The topological polar surface area (TPSA) is 75.6 Å². The zero-order valence-corrected chi connectivity index (χ0v) is 20.7. The molecule has 0 saturated carbocycles. The fraction of sp³-hybridized carbons (Fsp3) is 0.500. The van der Waals surface area contributed by atoms with Crippen molar-refractivity contribution in [1.29, 1.82) is 0 Å². The van der Waals surface area contributed by atoms with E-state index in [1.54, 1.807) is 12.1 Å². The molecule has 0 radical (unpaired) electrons. The van der Waals surface area contributed by atoms with Crippen molar-refractivity contribution in [2.75, 3.05) is 31.9 Å². The molecule has 2 aromatic carbocycles. The average molecular weight is 483 g/mol. The number of rotatable bonds is 5. The third-order valence-corrected chi connectivity index (χ3v) is 5.89. The van der Waals surface area contributed by atoms with Gasteiger partial charge in [0.05, 0.1) is 4.92 Å². The molecule has 32 heavy (non-hydrogen) atoms. The van der Waals surface area contributed by atoms with Crippen LogP contribution < -0.4 is 5.73 Å². The predicted molar refractivity (Wildman–Crippen MR) is 137 cm³/mol. The second-order valence-electron chi connectivity index (χ2n) is 8.29. The van der Waals surface area contributed by atoms with E-state index in [4.69, 9.17) is 5.73 Å². The SMILES string of the molecule is CCCN1CCc2ccc(N)cc2C1.CCCN1CCc2ccc([N+](=O)[O-])cc2C1.Cl.Cl. The number of nitro benzene ring substituents is 1. The molecule has 0 amide bonds. The molecule has 2 N–H and O–H groups in total. The van der Waals surface area contributed by atoms with Crippen molar-refractivity contribution >= 4 is 36.2 Å². The Kier molecular flexibility index (Phi) is 12.0. The second kappa shape index (κ2) is 13.6. The molecule has 0 fully saturated rings. The van der Waals surface area contributed by atoms with E-state index < -0.39 is 0 Å². The highest BCUT2D eigenvalue weighted by molar-refractivity contribution is 5.85. The van der Waals surface area contributed by atoms with E-state index in [-0.39, 0.29) is 35.4 Å². The number of non-ortho nitro benzene ring substituents is 1. The largest absolute Gasteiger partial charge is 0.399 e. The lowest BCUT2D eigenvalue weighted by Gasteiger charge is -2.28. The highest BCUT2D eigenvalue weighted by Gasteiger charge is 2.18. The van der Waals surface area contributed by atoms with Gasteiger partial charge in [0.15, 0.2) is 0 Å². The Hall–Kier alpha value is -1.86. The summed E-state index contributed by atoms with van der Waals surface area (Å²) in [5.74, 6) is 0. The summed E-state index contributed by atoms with van der Waals surface area (Å²) >= 11 is 0. The van der Waals surface area contributed by atoms with Crippen LogP contribution in [0.4, 0.5) is 11.4 Å². The summed E-state index contributed by atoms with van der Waals surface area (Å²) in [7, 11) is 0. The first-order chi connectivity index (χ1) is 14.5. The first-order valence-electron chi connectivity index (χ1n) is 11.1. The van der Waals surface area contributed by atoms with Crippen LogP contribution in [-0.4, -0.2) is 40.9 Å². The lowest BCUT2D eigenvalue weighted by molar-refractivity contribution is -0.385. The van der Waals surface area contributed by atoms with Gasteiger partial charge >= 0.3 is 0 Å². The number of nitro groups is 1. The molecule has 2 heterocycles. The number of fused-ring (bicyclic) bond motifs is 2. The summed E-state index contributed by atoms with van der Waals surface area (Å²) in [6.07, 6.45) is 4.55. The quantitative estimate of drug-likeness (QED) is 0.358. The van der Waals surface area contributed by atoms with E-state index in [1.165, 1.54) is 42.6 Å². The smallest absolute Gasteiger partial charge is 0.269 e. The molecule has 0 unspecified atom stereocenters. The van der Waals surface area contributed by atoms with Gasteiger partial charge in [-0.15, -0.1) is 24.8 Å². The molecule has 0 bridgehead atoms. The lowest BCUT2D eigenvalue weighted by atomic mass is 9.99. The van der Waals surface area contributed by atoms with E-state index >= 15 is 0 Å². The molecule has 4 rings (SSSR count). The Bertz CT molecular complexity index is 879. The van der Waals surface area contributed by atoms with E-state index in [9.17, 15) is 10.1 Å².